The predicted molar refractivity (Wildman–Crippen MR) is 43.2 cm³/mol. The Morgan fingerprint density at radius 1 is 1.18 bits per heavy atom. The Balaban J connectivity index is 2.64. The van der Waals surface area contributed by atoms with Gasteiger partial charge in [0, 0.05) is 19.7 Å². The second kappa shape index (κ2) is 4.11. The third kappa shape index (κ3) is 2.03. The Kier molecular flexibility index (Phi) is 2.15. The molecule has 1 rings (SSSR count). The Morgan fingerprint density at radius 2 is 1.82 bits per heavy atom. The molecule has 2 nitrogen and oxygen atoms in total. The van der Waals surface area contributed by atoms with Crippen LogP contribution < -0.4 is 0 Å². The second-order valence-electron chi connectivity index (χ2n) is 2.08. The number of benzene rings is 1. The van der Waals surface area contributed by atoms with E-state index in [0.717, 1.165) is 5.56 Å². The Morgan fingerprint density at radius 3 is 2.36 bits per heavy atom. The van der Waals surface area contributed by atoms with Crippen LogP contribution in [-0.2, 0) is 9.47 Å². The van der Waals surface area contributed by atoms with Crippen LogP contribution >= 0.6 is 0 Å². The lowest BCUT2D eigenvalue weighted by atomic mass is 10.2. The maximum Gasteiger partial charge on any atom is 0.183 e. The fourth-order valence-electron chi connectivity index (χ4n) is 0.851. The highest BCUT2D eigenvalue weighted by atomic mass is 16.7. The quantitative estimate of drug-likeness (QED) is 0.620. The van der Waals surface area contributed by atoms with E-state index in [1.807, 2.05) is 30.3 Å². The van der Waals surface area contributed by atoms with Crippen molar-refractivity contribution in [2.45, 2.75) is 6.29 Å². The highest BCUT2D eigenvalue weighted by Gasteiger charge is 2.05. The zero-order chi connectivity index (χ0) is 9.52. The molecule has 0 aliphatic rings. The molecule has 0 saturated heterocycles. The van der Waals surface area contributed by atoms with Crippen LogP contribution in [0.2, 0.25) is 0 Å². The van der Waals surface area contributed by atoms with Crippen LogP contribution in [0.15, 0.2) is 30.3 Å². The van der Waals surface area contributed by atoms with Gasteiger partial charge in [-0.2, -0.15) is 0 Å². The summed E-state index contributed by atoms with van der Waals surface area (Å²) in [6, 6.07) is 9.31. The lowest BCUT2D eigenvalue weighted by Gasteiger charge is -2.12. The van der Waals surface area contributed by atoms with Crippen molar-refractivity contribution >= 4 is 0 Å². The van der Waals surface area contributed by atoms with Crippen molar-refractivity contribution < 1.29 is 12.2 Å². The van der Waals surface area contributed by atoms with Crippen molar-refractivity contribution in [1.29, 1.82) is 0 Å². The number of hydrogen-bond donors (Lipinski definition) is 0. The molecule has 0 atom stereocenters. The average molecular weight is 154 g/mol. The van der Waals surface area contributed by atoms with Gasteiger partial charge < -0.3 is 9.47 Å². The van der Waals surface area contributed by atoms with Gasteiger partial charge in [0.05, 0.1) is 2.74 Å². The summed E-state index contributed by atoms with van der Waals surface area (Å²) in [5, 5.41) is 0. The molecule has 60 valence electrons. The van der Waals surface area contributed by atoms with Gasteiger partial charge in [-0.05, 0) is 0 Å². The van der Waals surface area contributed by atoms with Gasteiger partial charge in [0.2, 0.25) is 0 Å². The molecule has 0 amide bonds. The summed E-state index contributed by atoms with van der Waals surface area (Å²) >= 11 is 0. The Hall–Kier alpha value is -0.860. The van der Waals surface area contributed by atoms with E-state index in [-0.39, 0.29) is 14.2 Å². The molecular weight excluding hydrogens is 140 g/mol. The Labute approximate surface area is 69.6 Å². The maximum absolute atomic E-state index is 6.90. The zero-order valence-electron chi connectivity index (χ0n) is 8.19. The zero-order valence-corrected chi connectivity index (χ0v) is 6.19. The normalized spacial score (nSPS) is 12.8. The van der Waals surface area contributed by atoms with E-state index in [0.29, 0.717) is 0 Å². The summed E-state index contributed by atoms with van der Waals surface area (Å²) in [5.41, 5.74) is 0.835. The molecule has 0 aromatic heterocycles. The first kappa shape index (κ1) is 5.75. The molecule has 0 bridgehead atoms. The van der Waals surface area contributed by atoms with Gasteiger partial charge in [0.15, 0.2) is 6.29 Å². The standard InChI is InChI=1S/C9H12O2/c1-10-9(11-2)8-6-4-3-5-7-8/h3-7,9H,1-2H3/i1D,2D. The summed E-state index contributed by atoms with van der Waals surface area (Å²) < 4.78 is 23.8. The largest absolute Gasteiger partial charge is 0.352 e. The van der Waals surface area contributed by atoms with Gasteiger partial charge in [-0.25, -0.2) is 0 Å². The second-order valence-corrected chi connectivity index (χ2v) is 2.08. The van der Waals surface area contributed by atoms with Crippen molar-refractivity contribution in [2.24, 2.45) is 0 Å². The molecule has 0 spiro atoms. The maximum atomic E-state index is 6.90. The molecule has 0 aliphatic carbocycles. The van der Waals surface area contributed by atoms with Crippen LogP contribution in [0.25, 0.3) is 0 Å². The molecule has 0 fully saturated rings. The van der Waals surface area contributed by atoms with E-state index in [9.17, 15) is 0 Å². The molecule has 11 heavy (non-hydrogen) atoms. The first-order valence-corrected chi connectivity index (χ1v) is 3.25. The van der Waals surface area contributed by atoms with E-state index >= 15 is 0 Å². The molecule has 1 aromatic rings. The highest BCUT2D eigenvalue weighted by molar-refractivity contribution is 5.15. The van der Waals surface area contributed by atoms with Crippen molar-refractivity contribution in [3.8, 4) is 0 Å². The highest BCUT2D eigenvalue weighted by Crippen LogP contribution is 2.15. The number of hydrogen-bond acceptors (Lipinski definition) is 2. The van der Waals surface area contributed by atoms with Crippen molar-refractivity contribution in [1.82, 2.24) is 0 Å². The summed E-state index contributed by atoms with van der Waals surface area (Å²) in [5.74, 6) is 0. The minimum atomic E-state index is -0.587. The van der Waals surface area contributed by atoms with Crippen LogP contribution in [-0.4, -0.2) is 14.2 Å². The van der Waals surface area contributed by atoms with E-state index in [4.69, 9.17) is 12.2 Å². The number of methoxy groups -OCH3 is 2. The molecule has 0 unspecified atom stereocenters. The first-order valence-electron chi connectivity index (χ1n) is 4.66. The lowest BCUT2D eigenvalue weighted by Crippen LogP contribution is -2.02. The minimum Gasteiger partial charge on any atom is -0.352 e. The minimum absolute atomic E-state index is 0.167. The van der Waals surface area contributed by atoms with Gasteiger partial charge in [-0.15, -0.1) is 0 Å². The predicted octanol–water partition coefficient (Wildman–Crippen LogP) is 1.98. The van der Waals surface area contributed by atoms with Gasteiger partial charge in [-0.3, -0.25) is 0 Å². The van der Waals surface area contributed by atoms with Crippen LogP contribution in [0, 0.1) is 0 Å². The summed E-state index contributed by atoms with van der Waals surface area (Å²) in [6.45, 7) is 0. The lowest BCUT2D eigenvalue weighted by molar-refractivity contribution is -0.106. The fraction of sp³-hybridized carbons (Fsp3) is 0.333. The van der Waals surface area contributed by atoms with Gasteiger partial charge in [0.25, 0.3) is 0 Å². The van der Waals surface area contributed by atoms with Crippen LogP contribution in [0.4, 0.5) is 0 Å². The van der Waals surface area contributed by atoms with Gasteiger partial charge >= 0.3 is 0 Å². The third-order valence-corrected chi connectivity index (χ3v) is 1.37. The third-order valence-electron chi connectivity index (χ3n) is 1.37. The monoisotopic (exact) mass is 154 g/mol. The summed E-state index contributed by atoms with van der Waals surface area (Å²) in [7, 11) is -0.334. The first-order chi connectivity index (χ1) is 6.38. The van der Waals surface area contributed by atoms with Crippen LogP contribution in [0.3, 0.4) is 0 Å². The van der Waals surface area contributed by atoms with Crippen molar-refractivity contribution in [2.75, 3.05) is 14.2 Å². The molecular formula is C9H12O2. The SMILES string of the molecule is [2H]COC(OC[2H])c1ccccc1. The molecule has 0 N–H and O–H groups in total. The van der Waals surface area contributed by atoms with Gasteiger partial charge in [0.1, 0.15) is 0 Å². The van der Waals surface area contributed by atoms with Crippen LogP contribution in [0.5, 0.6) is 0 Å². The van der Waals surface area contributed by atoms with Crippen molar-refractivity contribution in [3.05, 3.63) is 35.9 Å². The van der Waals surface area contributed by atoms with E-state index in [2.05, 4.69) is 0 Å². The van der Waals surface area contributed by atoms with E-state index in [1.54, 1.807) is 0 Å². The molecule has 0 radical (unpaired) electrons. The molecule has 1 aromatic carbocycles. The fourth-order valence-corrected chi connectivity index (χ4v) is 0.851. The smallest absolute Gasteiger partial charge is 0.183 e. The van der Waals surface area contributed by atoms with E-state index < -0.39 is 6.29 Å². The number of ether oxygens (including phenoxy) is 2. The molecule has 0 heterocycles. The number of rotatable bonds is 3. The molecule has 0 saturated carbocycles. The van der Waals surface area contributed by atoms with Crippen LogP contribution in [0.1, 0.15) is 14.6 Å². The molecule has 2 heteroatoms. The Bertz CT molecular complexity index is 222. The summed E-state index contributed by atoms with van der Waals surface area (Å²) in [4.78, 5) is 0. The van der Waals surface area contributed by atoms with Crippen molar-refractivity contribution in [3.63, 3.8) is 0 Å². The molecule has 0 aliphatic heterocycles. The summed E-state index contributed by atoms with van der Waals surface area (Å²) in [6.07, 6.45) is -0.587. The average Bonchev–Trinajstić information content (AvgIpc) is 2.19. The topological polar surface area (TPSA) is 18.5 Å². The van der Waals surface area contributed by atoms with E-state index in [1.165, 1.54) is 0 Å². The van der Waals surface area contributed by atoms with Gasteiger partial charge in [-0.1, -0.05) is 30.3 Å².